The topological polar surface area (TPSA) is 72.2 Å². The van der Waals surface area contributed by atoms with Crippen molar-refractivity contribution in [3.63, 3.8) is 0 Å². The second-order valence-corrected chi connectivity index (χ2v) is 6.47. The van der Waals surface area contributed by atoms with Crippen molar-refractivity contribution in [1.82, 2.24) is 4.72 Å². The second kappa shape index (κ2) is 6.80. The highest BCUT2D eigenvalue weighted by molar-refractivity contribution is 7.89. The molecule has 2 rings (SSSR count). The van der Waals surface area contributed by atoms with Crippen molar-refractivity contribution in [3.8, 4) is 0 Å². The van der Waals surface area contributed by atoms with Gasteiger partial charge in [-0.15, -0.1) is 12.4 Å². The molecule has 4 nitrogen and oxygen atoms in total. The molecule has 0 saturated heterocycles. The van der Waals surface area contributed by atoms with Crippen LogP contribution >= 0.6 is 12.4 Å². The van der Waals surface area contributed by atoms with Gasteiger partial charge in [-0.3, -0.25) is 0 Å². The summed E-state index contributed by atoms with van der Waals surface area (Å²) in [7, 11) is -3.92. The van der Waals surface area contributed by atoms with Crippen LogP contribution in [0.1, 0.15) is 19.3 Å². The maximum Gasteiger partial charge on any atom is 0.241 e. The molecule has 1 aliphatic rings. The van der Waals surface area contributed by atoms with E-state index in [1.165, 1.54) is 0 Å². The number of nitrogens with two attached hydrogens (primary N) is 1. The average molecular weight is 327 g/mol. The summed E-state index contributed by atoms with van der Waals surface area (Å²) in [5.41, 5.74) is 5.58. The van der Waals surface area contributed by atoms with Crippen LogP contribution in [-0.4, -0.2) is 21.0 Å². The van der Waals surface area contributed by atoms with Gasteiger partial charge >= 0.3 is 0 Å². The largest absolute Gasteiger partial charge is 0.330 e. The SMILES string of the molecule is Cl.NCC1CCCC1NS(=O)(=O)c1cc(F)cc(F)c1. The number of hydrogen-bond donors (Lipinski definition) is 2. The number of halogens is 3. The van der Waals surface area contributed by atoms with E-state index >= 15 is 0 Å². The van der Waals surface area contributed by atoms with Gasteiger partial charge in [-0.1, -0.05) is 6.42 Å². The van der Waals surface area contributed by atoms with Crippen LogP contribution in [0.2, 0.25) is 0 Å². The standard InChI is InChI=1S/C12H16F2N2O2S.ClH/c13-9-4-10(14)6-11(5-9)19(17,18)16-12-3-1-2-8(12)7-15;/h4-6,8,12,16H,1-3,7,15H2;1H. The third-order valence-electron chi connectivity index (χ3n) is 3.41. The molecule has 20 heavy (non-hydrogen) atoms. The molecule has 2 unspecified atom stereocenters. The highest BCUT2D eigenvalue weighted by Gasteiger charge is 2.30. The fourth-order valence-electron chi connectivity index (χ4n) is 2.43. The zero-order valence-corrected chi connectivity index (χ0v) is 12.3. The Kier molecular flexibility index (Phi) is 5.88. The van der Waals surface area contributed by atoms with Crippen molar-refractivity contribution in [2.45, 2.75) is 30.2 Å². The first-order valence-electron chi connectivity index (χ1n) is 6.11. The Morgan fingerprint density at radius 3 is 2.35 bits per heavy atom. The third kappa shape index (κ3) is 3.88. The molecule has 0 amide bonds. The minimum atomic E-state index is -3.92. The summed E-state index contributed by atoms with van der Waals surface area (Å²) < 4.78 is 52.7. The van der Waals surface area contributed by atoms with E-state index in [0.717, 1.165) is 25.0 Å². The van der Waals surface area contributed by atoms with Gasteiger partial charge in [0.05, 0.1) is 4.90 Å². The Labute approximate surface area is 123 Å². The van der Waals surface area contributed by atoms with Crippen LogP contribution in [0.5, 0.6) is 0 Å². The number of rotatable bonds is 4. The van der Waals surface area contributed by atoms with Crippen LogP contribution in [0, 0.1) is 17.6 Å². The van der Waals surface area contributed by atoms with Gasteiger partial charge in [0, 0.05) is 12.1 Å². The summed E-state index contributed by atoms with van der Waals surface area (Å²) >= 11 is 0. The van der Waals surface area contributed by atoms with E-state index < -0.39 is 26.6 Å². The highest BCUT2D eigenvalue weighted by Crippen LogP contribution is 2.26. The molecule has 1 aromatic carbocycles. The van der Waals surface area contributed by atoms with E-state index in [4.69, 9.17) is 5.73 Å². The summed E-state index contributed by atoms with van der Waals surface area (Å²) in [4.78, 5) is -0.396. The first-order chi connectivity index (χ1) is 8.92. The smallest absolute Gasteiger partial charge is 0.241 e. The van der Waals surface area contributed by atoms with Crippen molar-refractivity contribution in [2.75, 3.05) is 6.54 Å². The van der Waals surface area contributed by atoms with Gasteiger partial charge < -0.3 is 5.73 Å². The Balaban J connectivity index is 0.00000200. The zero-order chi connectivity index (χ0) is 14.0. The maximum atomic E-state index is 13.1. The molecular formula is C12H17ClF2N2O2S. The van der Waals surface area contributed by atoms with Gasteiger partial charge in [0.2, 0.25) is 10.0 Å². The van der Waals surface area contributed by atoms with Gasteiger partial charge in [0.1, 0.15) is 11.6 Å². The number of benzene rings is 1. The quantitative estimate of drug-likeness (QED) is 0.886. The molecular weight excluding hydrogens is 310 g/mol. The average Bonchev–Trinajstić information content (AvgIpc) is 2.74. The minimum Gasteiger partial charge on any atom is -0.330 e. The van der Waals surface area contributed by atoms with Gasteiger partial charge in [-0.2, -0.15) is 0 Å². The van der Waals surface area contributed by atoms with E-state index in [2.05, 4.69) is 4.72 Å². The Hall–Kier alpha value is -0.760. The van der Waals surface area contributed by atoms with Gasteiger partial charge in [0.15, 0.2) is 0 Å². The summed E-state index contributed by atoms with van der Waals surface area (Å²) in [6.07, 6.45) is 2.45. The first-order valence-corrected chi connectivity index (χ1v) is 7.59. The summed E-state index contributed by atoms with van der Waals surface area (Å²) in [5.74, 6) is -1.75. The molecule has 0 spiro atoms. The fourth-order valence-corrected chi connectivity index (χ4v) is 3.81. The molecule has 0 aromatic heterocycles. The second-order valence-electron chi connectivity index (χ2n) is 4.76. The van der Waals surface area contributed by atoms with E-state index in [0.29, 0.717) is 19.0 Å². The molecule has 114 valence electrons. The van der Waals surface area contributed by atoms with Crippen molar-refractivity contribution in [3.05, 3.63) is 29.8 Å². The molecule has 1 saturated carbocycles. The number of nitrogens with one attached hydrogen (secondary N) is 1. The maximum absolute atomic E-state index is 13.1. The summed E-state index contributed by atoms with van der Waals surface area (Å²) in [6, 6.07) is 1.98. The van der Waals surface area contributed by atoms with Crippen molar-refractivity contribution in [2.24, 2.45) is 11.7 Å². The van der Waals surface area contributed by atoms with E-state index in [-0.39, 0.29) is 24.4 Å². The molecule has 1 aliphatic carbocycles. The highest BCUT2D eigenvalue weighted by atomic mass is 35.5. The van der Waals surface area contributed by atoms with E-state index in [1.54, 1.807) is 0 Å². The normalized spacial score (nSPS) is 22.6. The summed E-state index contributed by atoms with van der Waals surface area (Å²) in [6.45, 7) is 0.394. The molecule has 0 aliphatic heterocycles. The van der Waals surface area contributed by atoms with Crippen LogP contribution in [0.4, 0.5) is 8.78 Å². The lowest BCUT2D eigenvalue weighted by molar-refractivity contribution is 0.452. The monoisotopic (exact) mass is 326 g/mol. The van der Waals surface area contributed by atoms with Gasteiger partial charge in [0.25, 0.3) is 0 Å². The molecule has 0 bridgehead atoms. The molecule has 8 heteroatoms. The number of sulfonamides is 1. The first kappa shape index (κ1) is 17.3. The van der Waals surface area contributed by atoms with Crippen LogP contribution in [0.3, 0.4) is 0 Å². The lowest BCUT2D eigenvalue weighted by Crippen LogP contribution is -2.39. The van der Waals surface area contributed by atoms with Crippen molar-refractivity contribution < 1.29 is 17.2 Å². The zero-order valence-electron chi connectivity index (χ0n) is 10.7. The lowest BCUT2D eigenvalue weighted by atomic mass is 10.1. The van der Waals surface area contributed by atoms with E-state index in [9.17, 15) is 17.2 Å². The van der Waals surface area contributed by atoms with Crippen LogP contribution in [-0.2, 0) is 10.0 Å². The molecule has 0 heterocycles. The van der Waals surface area contributed by atoms with Crippen LogP contribution in [0.25, 0.3) is 0 Å². The Morgan fingerprint density at radius 1 is 1.20 bits per heavy atom. The summed E-state index contributed by atoms with van der Waals surface area (Å²) in [5, 5.41) is 0. The Bertz CT molecular complexity index is 548. The Morgan fingerprint density at radius 2 is 1.80 bits per heavy atom. The minimum absolute atomic E-state index is 0. The van der Waals surface area contributed by atoms with Crippen LogP contribution < -0.4 is 10.5 Å². The molecule has 0 radical (unpaired) electrons. The van der Waals surface area contributed by atoms with Gasteiger partial charge in [-0.05, 0) is 37.4 Å². The predicted octanol–water partition coefficient (Wildman–Crippen LogP) is 1.79. The predicted molar refractivity (Wildman–Crippen MR) is 74.1 cm³/mol. The molecule has 2 atom stereocenters. The van der Waals surface area contributed by atoms with Crippen LogP contribution in [0.15, 0.2) is 23.1 Å². The molecule has 1 aromatic rings. The van der Waals surface area contributed by atoms with Gasteiger partial charge in [-0.25, -0.2) is 21.9 Å². The molecule has 3 N–H and O–H groups in total. The number of hydrogen-bond acceptors (Lipinski definition) is 3. The van der Waals surface area contributed by atoms with Crippen molar-refractivity contribution in [1.29, 1.82) is 0 Å². The lowest BCUT2D eigenvalue weighted by Gasteiger charge is -2.19. The van der Waals surface area contributed by atoms with Crippen molar-refractivity contribution >= 4 is 22.4 Å². The van der Waals surface area contributed by atoms with E-state index in [1.807, 2.05) is 0 Å². The third-order valence-corrected chi connectivity index (χ3v) is 4.88. The fraction of sp³-hybridized carbons (Fsp3) is 0.500. The molecule has 1 fully saturated rings.